The normalized spacial score (nSPS) is 30.2. The van der Waals surface area contributed by atoms with E-state index in [4.69, 9.17) is 9.84 Å². The van der Waals surface area contributed by atoms with Gasteiger partial charge in [0.15, 0.2) is 0 Å². The molecule has 1 saturated carbocycles. The number of amides is 1. The van der Waals surface area contributed by atoms with Gasteiger partial charge in [0.25, 0.3) is 0 Å². The van der Waals surface area contributed by atoms with Crippen molar-refractivity contribution in [3.8, 4) is 0 Å². The Morgan fingerprint density at radius 2 is 2.25 bits per heavy atom. The average molecular weight is 285 g/mol. The fraction of sp³-hybridized carbons (Fsp3) is 0.846. The molecule has 0 bridgehead atoms. The lowest BCUT2D eigenvalue weighted by Gasteiger charge is -2.32. The van der Waals surface area contributed by atoms with Crippen molar-refractivity contribution >= 4 is 12.1 Å². The first-order valence-electron chi connectivity index (χ1n) is 7.12. The van der Waals surface area contributed by atoms with Gasteiger partial charge in [-0.25, -0.2) is 4.79 Å². The molecule has 0 radical (unpaired) electrons. The number of nitrogens with one attached hydrogen (secondary N) is 2. The van der Waals surface area contributed by atoms with Crippen molar-refractivity contribution in [3.63, 3.8) is 0 Å². The third kappa shape index (κ3) is 3.83. The second-order valence-corrected chi connectivity index (χ2v) is 5.52. The molecule has 20 heavy (non-hydrogen) atoms. The first-order valence-corrected chi connectivity index (χ1v) is 7.12. The number of rotatable bonds is 4. The molecule has 1 aliphatic heterocycles. The highest BCUT2D eigenvalue weighted by Gasteiger charge is 2.31. The molecule has 1 heterocycles. The number of methoxy groups -OCH3 is 1. The molecule has 1 saturated heterocycles. The number of nitrogens with zero attached hydrogens (tertiary/aromatic N) is 1. The van der Waals surface area contributed by atoms with Crippen LogP contribution in [-0.2, 0) is 9.53 Å². The van der Waals surface area contributed by atoms with Gasteiger partial charge >= 0.3 is 12.1 Å². The summed E-state index contributed by atoms with van der Waals surface area (Å²) in [4.78, 5) is 23.8. The van der Waals surface area contributed by atoms with E-state index in [-0.39, 0.29) is 17.9 Å². The highest BCUT2D eigenvalue weighted by atomic mass is 16.5. The van der Waals surface area contributed by atoms with Crippen LogP contribution in [0.15, 0.2) is 0 Å². The number of hydrogen-bond donors (Lipinski definition) is 3. The smallest absolute Gasteiger partial charge is 0.407 e. The van der Waals surface area contributed by atoms with Crippen molar-refractivity contribution in [1.82, 2.24) is 15.5 Å². The minimum atomic E-state index is -0.858. The van der Waals surface area contributed by atoms with Crippen LogP contribution in [0.25, 0.3) is 0 Å². The first kappa shape index (κ1) is 15.1. The van der Waals surface area contributed by atoms with Crippen molar-refractivity contribution in [3.05, 3.63) is 0 Å². The summed E-state index contributed by atoms with van der Waals surface area (Å²) in [6.07, 6.45) is 1.78. The maximum absolute atomic E-state index is 11.4. The lowest BCUT2D eigenvalue weighted by molar-refractivity contribution is -0.145. The predicted molar refractivity (Wildman–Crippen MR) is 72.5 cm³/mol. The van der Waals surface area contributed by atoms with Crippen molar-refractivity contribution in [1.29, 1.82) is 0 Å². The van der Waals surface area contributed by atoms with Crippen molar-refractivity contribution in [2.45, 2.75) is 31.3 Å². The van der Waals surface area contributed by atoms with Crippen LogP contribution >= 0.6 is 0 Å². The zero-order chi connectivity index (χ0) is 14.5. The van der Waals surface area contributed by atoms with E-state index in [1.54, 1.807) is 0 Å². The number of esters is 1. The third-order valence-corrected chi connectivity index (χ3v) is 4.15. The second-order valence-electron chi connectivity index (χ2n) is 5.52. The van der Waals surface area contributed by atoms with Gasteiger partial charge in [0.2, 0.25) is 0 Å². The number of carboxylic acid groups (broad SMARTS) is 1. The Hall–Kier alpha value is -1.34. The number of ether oxygens (including phenoxy) is 1. The third-order valence-electron chi connectivity index (χ3n) is 4.15. The summed E-state index contributed by atoms with van der Waals surface area (Å²) in [5.41, 5.74) is 0. The summed E-state index contributed by atoms with van der Waals surface area (Å²) in [6.45, 7) is 2.46. The van der Waals surface area contributed by atoms with Gasteiger partial charge in [-0.05, 0) is 19.3 Å². The van der Waals surface area contributed by atoms with Gasteiger partial charge in [-0.2, -0.15) is 0 Å². The SMILES string of the molecule is COC(=O)[C@H]1CC[C@@H](NCC2CN(C(=O)O)CCN2)C1. The summed E-state index contributed by atoms with van der Waals surface area (Å²) in [5.74, 6) is -0.116. The topological polar surface area (TPSA) is 90.9 Å². The van der Waals surface area contributed by atoms with E-state index in [1.807, 2.05) is 0 Å². The van der Waals surface area contributed by atoms with Crippen molar-refractivity contribution in [2.75, 3.05) is 33.3 Å². The van der Waals surface area contributed by atoms with E-state index in [0.29, 0.717) is 25.7 Å². The van der Waals surface area contributed by atoms with Gasteiger partial charge in [0, 0.05) is 38.3 Å². The molecule has 3 atom stereocenters. The van der Waals surface area contributed by atoms with Crippen LogP contribution in [0.4, 0.5) is 4.79 Å². The van der Waals surface area contributed by atoms with Crippen molar-refractivity contribution in [2.24, 2.45) is 5.92 Å². The lowest BCUT2D eigenvalue weighted by atomic mass is 10.1. The number of carbonyl (C=O) groups is 2. The number of carbonyl (C=O) groups excluding carboxylic acids is 1. The van der Waals surface area contributed by atoms with Crippen LogP contribution < -0.4 is 10.6 Å². The summed E-state index contributed by atoms with van der Waals surface area (Å²) >= 11 is 0. The molecule has 1 aliphatic carbocycles. The Balaban J connectivity index is 1.70. The summed E-state index contributed by atoms with van der Waals surface area (Å²) in [6, 6.07) is 0.457. The van der Waals surface area contributed by atoms with Crippen LogP contribution in [0, 0.1) is 5.92 Å². The Morgan fingerprint density at radius 1 is 1.45 bits per heavy atom. The van der Waals surface area contributed by atoms with Crippen LogP contribution in [0.3, 0.4) is 0 Å². The summed E-state index contributed by atoms with van der Waals surface area (Å²) in [7, 11) is 1.43. The van der Waals surface area contributed by atoms with E-state index in [1.165, 1.54) is 12.0 Å². The molecule has 2 rings (SSSR count). The van der Waals surface area contributed by atoms with Crippen LogP contribution in [0.1, 0.15) is 19.3 Å². The van der Waals surface area contributed by atoms with E-state index in [2.05, 4.69) is 10.6 Å². The van der Waals surface area contributed by atoms with Gasteiger partial charge in [-0.15, -0.1) is 0 Å². The van der Waals surface area contributed by atoms with Gasteiger partial charge in [0.1, 0.15) is 0 Å². The van der Waals surface area contributed by atoms with Gasteiger partial charge in [0.05, 0.1) is 13.0 Å². The summed E-state index contributed by atoms with van der Waals surface area (Å²) < 4.78 is 4.77. The van der Waals surface area contributed by atoms with Gasteiger partial charge < -0.3 is 25.4 Å². The van der Waals surface area contributed by atoms with E-state index in [0.717, 1.165) is 25.8 Å². The molecule has 0 aromatic rings. The first-order chi connectivity index (χ1) is 9.60. The number of hydrogen-bond acceptors (Lipinski definition) is 5. The molecule has 2 aliphatic rings. The minimum absolute atomic E-state index is 0.00679. The van der Waals surface area contributed by atoms with Crippen LogP contribution in [-0.4, -0.2) is 67.4 Å². The Kier molecular flexibility index (Phi) is 5.19. The molecule has 2 fully saturated rings. The quantitative estimate of drug-likeness (QED) is 0.623. The van der Waals surface area contributed by atoms with Crippen molar-refractivity contribution < 1.29 is 19.4 Å². The van der Waals surface area contributed by atoms with Gasteiger partial charge in [-0.1, -0.05) is 0 Å². The molecule has 0 aromatic carbocycles. The molecular formula is C13H23N3O4. The molecule has 1 unspecified atom stereocenters. The maximum atomic E-state index is 11.4. The zero-order valence-electron chi connectivity index (χ0n) is 11.8. The summed E-state index contributed by atoms with van der Waals surface area (Å²) in [5, 5.41) is 15.7. The molecular weight excluding hydrogens is 262 g/mol. The standard InChI is InChI=1S/C13H23N3O4/c1-20-12(17)9-2-3-10(6-9)15-7-11-8-16(13(18)19)5-4-14-11/h9-11,14-15H,2-8H2,1H3,(H,18,19)/t9-,10+,11?/m0/s1. The average Bonchev–Trinajstić information content (AvgIpc) is 2.93. The largest absolute Gasteiger partial charge is 0.469 e. The monoisotopic (exact) mass is 285 g/mol. The molecule has 3 N–H and O–H groups in total. The fourth-order valence-electron chi connectivity index (χ4n) is 2.99. The molecule has 0 aromatic heterocycles. The van der Waals surface area contributed by atoms with Crippen LogP contribution in [0.5, 0.6) is 0 Å². The fourth-order valence-corrected chi connectivity index (χ4v) is 2.99. The minimum Gasteiger partial charge on any atom is -0.469 e. The Bertz CT molecular complexity index is 364. The highest BCUT2D eigenvalue weighted by molar-refractivity contribution is 5.72. The van der Waals surface area contributed by atoms with Gasteiger partial charge in [-0.3, -0.25) is 4.79 Å². The molecule has 1 amide bonds. The second kappa shape index (κ2) is 6.90. The predicted octanol–water partition coefficient (Wildman–Crippen LogP) is -0.130. The van der Waals surface area contributed by atoms with E-state index < -0.39 is 6.09 Å². The Labute approximate surface area is 118 Å². The molecule has 7 heteroatoms. The lowest BCUT2D eigenvalue weighted by Crippen LogP contribution is -2.56. The van der Waals surface area contributed by atoms with Crippen LogP contribution in [0.2, 0.25) is 0 Å². The van der Waals surface area contributed by atoms with E-state index >= 15 is 0 Å². The Morgan fingerprint density at radius 3 is 2.95 bits per heavy atom. The zero-order valence-corrected chi connectivity index (χ0v) is 11.8. The molecule has 0 spiro atoms. The number of piperazine rings is 1. The van der Waals surface area contributed by atoms with E-state index in [9.17, 15) is 9.59 Å². The maximum Gasteiger partial charge on any atom is 0.407 e. The molecule has 114 valence electrons. The highest BCUT2D eigenvalue weighted by Crippen LogP contribution is 2.26. The molecule has 7 nitrogen and oxygen atoms in total.